The Kier molecular flexibility index (Phi) is 8.51. The number of hydrogen-bond acceptors (Lipinski definition) is 5. The molecule has 2 aromatic rings. The van der Waals surface area contributed by atoms with Gasteiger partial charge in [-0.3, -0.25) is 10.6 Å². The lowest BCUT2D eigenvalue weighted by atomic mass is 10.2. The summed E-state index contributed by atoms with van der Waals surface area (Å²) in [5, 5.41) is 5.33. The maximum Gasteiger partial charge on any atom is 0.411 e. The van der Waals surface area contributed by atoms with E-state index in [-0.39, 0.29) is 13.2 Å². The van der Waals surface area contributed by atoms with E-state index in [9.17, 15) is 9.59 Å². The van der Waals surface area contributed by atoms with E-state index in [0.717, 1.165) is 11.1 Å². The molecule has 0 spiro atoms. The lowest BCUT2D eigenvalue weighted by molar-refractivity contribution is 0.168. The third-order valence-corrected chi connectivity index (χ3v) is 4.43. The van der Waals surface area contributed by atoms with Gasteiger partial charge in [-0.15, -0.1) is 0 Å². The molecule has 0 aliphatic rings. The van der Waals surface area contributed by atoms with Gasteiger partial charge in [-0.1, -0.05) is 35.4 Å². The van der Waals surface area contributed by atoms with E-state index in [1.165, 1.54) is 0 Å². The van der Waals surface area contributed by atoms with Gasteiger partial charge in [0, 0.05) is 22.9 Å². The summed E-state index contributed by atoms with van der Waals surface area (Å²) in [5.41, 5.74) is 3.65. The fourth-order valence-corrected chi connectivity index (χ4v) is 2.68. The molecular formula is C20H24N2O4S. The summed E-state index contributed by atoms with van der Waals surface area (Å²) < 4.78 is 10.2. The van der Waals surface area contributed by atoms with E-state index >= 15 is 0 Å². The highest BCUT2D eigenvalue weighted by Gasteiger charge is 2.04. The summed E-state index contributed by atoms with van der Waals surface area (Å²) >= 11 is 1.54. The molecule has 144 valence electrons. The van der Waals surface area contributed by atoms with E-state index in [1.807, 2.05) is 62.4 Å². The van der Waals surface area contributed by atoms with Crippen LogP contribution in [0.5, 0.6) is 0 Å². The Morgan fingerprint density at radius 2 is 1.11 bits per heavy atom. The molecule has 2 N–H and O–H groups in total. The Hall–Kier alpha value is -2.67. The molecule has 2 aromatic carbocycles. The molecule has 27 heavy (non-hydrogen) atoms. The van der Waals surface area contributed by atoms with E-state index in [2.05, 4.69) is 10.6 Å². The van der Waals surface area contributed by atoms with E-state index in [0.29, 0.717) is 22.9 Å². The predicted octanol–water partition coefficient (Wildman–Crippen LogP) is 4.83. The molecule has 2 amide bonds. The average molecular weight is 388 g/mol. The number of nitrogens with one attached hydrogen (secondary N) is 2. The van der Waals surface area contributed by atoms with Gasteiger partial charge >= 0.3 is 12.2 Å². The molecule has 2 rings (SSSR count). The largest absolute Gasteiger partial charge is 0.448 e. The first kappa shape index (κ1) is 20.6. The highest BCUT2D eigenvalue weighted by atomic mass is 32.2. The van der Waals surface area contributed by atoms with Gasteiger partial charge in [0.1, 0.15) is 13.2 Å². The molecule has 0 heterocycles. The van der Waals surface area contributed by atoms with Crippen molar-refractivity contribution in [2.45, 2.75) is 13.8 Å². The van der Waals surface area contributed by atoms with Crippen LogP contribution in [0.2, 0.25) is 0 Å². The summed E-state index contributed by atoms with van der Waals surface area (Å²) in [6.45, 7) is 4.54. The van der Waals surface area contributed by atoms with Gasteiger partial charge < -0.3 is 9.47 Å². The number of hydrogen-bond donors (Lipinski definition) is 2. The minimum absolute atomic E-state index is 0.290. The zero-order chi connectivity index (χ0) is 19.5. The highest BCUT2D eigenvalue weighted by molar-refractivity contribution is 7.99. The first-order valence-electron chi connectivity index (χ1n) is 8.61. The van der Waals surface area contributed by atoms with Crippen LogP contribution in [0.4, 0.5) is 21.0 Å². The molecule has 0 radical (unpaired) electrons. The lowest BCUT2D eigenvalue weighted by Gasteiger charge is -2.08. The first-order chi connectivity index (χ1) is 13.0. The zero-order valence-corrected chi connectivity index (χ0v) is 16.3. The number of thioether (sulfide) groups is 1. The molecule has 7 heteroatoms. The summed E-state index contributed by atoms with van der Waals surface area (Å²) in [6, 6.07) is 15.0. The van der Waals surface area contributed by atoms with Crippen molar-refractivity contribution < 1.29 is 19.1 Å². The van der Waals surface area contributed by atoms with Crippen LogP contribution >= 0.6 is 11.8 Å². The van der Waals surface area contributed by atoms with E-state index < -0.39 is 12.2 Å². The number of aryl methyl sites for hydroxylation is 2. The summed E-state index contributed by atoms with van der Waals surface area (Å²) in [6.07, 6.45) is -0.957. The smallest absolute Gasteiger partial charge is 0.411 e. The van der Waals surface area contributed by atoms with E-state index in [1.54, 1.807) is 11.8 Å². The number of ether oxygens (including phenoxy) is 2. The molecule has 0 fully saturated rings. The van der Waals surface area contributed by atoms with Crippen molar-refractivity contribution in [1.29, 1.82) is 0 Å². The third kappa shape index (κ3) is 8.50. The van der Waals surface area contributed by atoms with Crippen molar-refractivity contribution in [3.63, 3.8) is 0 Å². The molecule has 6 nitrogen and oxygen atoms in total. The monoisotopic (exact) mass is 388 g/mol. The van der Waals surface area contributed by atoms with Crippen LogP contribution in [0.15, 0.2) is 48.5 Å². The van der Waals surface area contributed by atoms with Crippen LogP contribution in [-0.2, 0) is 9.47 Å². The molecule has 0 bridgehead atoms. The Balaban J connectivity index is 1.49. The number of carbonyl (C=O) groups excluding carboxylic acids is 2. The van der Waals surface area contributed by atoms with Crippen molar-refractivity contribution in [3.8, 4) is 0 Å². The Morgan fingerprint density at radius 1 is 0.741 bits per heavy atom. The average Bonchev–Trinajstić information content (AvgIpc) is 2.65. The molecule has 0 saturated carbocycles. The number of amides is 2. The van der Waals surface area contributed by atoms with Crippen molar-refractivity contribution in [1.82, 2.24) is 0 Å². The quantitative estimate of drug-likeness (QED) is 0.633. The van der Waals surface area contributed by atoms with Crippen molar-refractivity contribution in [2.75, 3.05) is 35.4 Å². The predicted molar refractivity (Wildman–Crippen MR) is 110 cm³/mol. The van der Waals surface area contributed by atoms with Gasteiger partial charge in [0.2, 0.25) is 0 Å². The minimum atomic E-state index is -0.479. The maximum atomic E-state index is 11.6. The normalized spacial score (nSPS) is 10.1. The van der Waals surface area contributed by atoms with Crippen LogP contribution in [-0.4, -0.2) is 36.9 Å². The summed E-state index contributed by atoms with van der Waals surface area (Å²) in [5.74, 6) is 1.26. The van der Waals surface area contributed by atoms with Crippen LogP contribution in [0, 0.1) is 13.8 Å². The van der Waals surface area contributed by atoms with Gasteiger partial charge in [0.15, 0.2) is 0 Å². The SMILES string of the molecule is Cc1ccc(NC(=O)OCCSCCOC(=O)Nc2ccc(C)cc2)cc1. The molecule has 0 aromatic heterocycles. The van der Waals surface area contributed by atoms with Gasteiger partial charge in [-0.2, -0.15) is 11.8 Å². The fourth-order valence-electron chi connectivity index (χ4n) is 2.07. The standard InChI is InChI=1S/C20H24N2O4S/c1-15-3-7-17(8-4-15)21-19(23)25-11-13-27-14-12-26-20(24)22-18-9-5-16(2)6-10-18/h3-10H,11-14H2,1-2H3,(H,21,23)(H,22,24). The van der Waals surface area contributed by atoms with Gasteiger partial charge in [-0.25, -0.2) is 9.59 Å². The second-order valence-electron chi connectivity index (χ2n) is 5.87. The minimum Gasteiger partial charge on any atom is -0.448 e. The second-order valence-corrected chi connectivity index (χ2v) is 7.09. The van der Waals surface area contributed by atoms with Crippen molar-refractivity contribution >= 4 is 35.3 Å². The van der Waals surface area contributed by atoms with Crippen LogP contribution < -0.4 is 10.6 Å². The highest BCUT2D eigenvalue weighted by Crippen LogP contribution is 2.10. The summed E-state index contributed by atoms with van der Waals surface area (Å²) in [4.78, 5) is 23.3. The molecule has 0 saturated heterocycles. The van der Waals surface area contributed by atoms with E-state index in [4.69, 9.17) is 9.47 Å². The second kappa shape index (κ2) is 11.1. The topological polar surface area (TPSA) is 76.7 Å². The lowest BCUT2D eigenvalue weighted by Crippen LogP contribution is -2.16. The summed E-state index contributed by atoms with van der Waals surface area (Å²) in [7, 11) is 0. The Morgan fingerprint density at radius 3 is 1.48 bits per heavy atom. The van der Waals surface area contributed by atoms with Gasteiger partial charge in [-0.05, 0) is 38.1 Å². The molecule has 0 aliphatic heterocycles. The third-order valence-electron chi connectivity index (χ3n) is 3.52. The Labute approximate surface area is 163 Å². The number of rotatable bonds is 8. The van der Waals surface area contributed by atoms with Crippen molar-refractivity contribution in [2.24, 2.45) is 0 Å². The molecule has 0 atom stereocenters. The van der Waals surface area contributed by atoms with Gasteiger partial charge in [0.05, 0.1) is 0 Å². The zero-order valence-electron chi connectivity index (χ0n) is 15.5. The van der Waals surface area contributed by atoms with Crippen LogP contribution in [0.25, 0.3) is 0 Å². The molecular weight excluding hydrogens is 364 g/mol. The van der Waals surface area contributed by atoms with Crippen LogP contribution in [0.3, 0.4) is 0 Å². The van der Waals surface area contributed by atoms with Crippen LogP contribution in [0.1, 0.15) is 11.1 Å². The first-order valence-corrected chi connectivity index (χ1v) is 9.77. The maximum absolute atomic E-state index is 11.6. The molecule has 0 unspecified atom stereocenters. The number of carbonyl (C=O) groups is 2. The number of anilines is 2. The Bertz CT molecular complexity index is 669. The number of benzene rings is 2. The van der Waals surface area contributed by atoms with Crippen molar-refractivity contribution in [3.05, 3.63) is 59.7 Å². The van der Waals surface area contributed by atoms with Gasteiger partial charge in [0.25, 0.3) is 0 Å². The molecule has 0 aliphatic carbocycles. The fraction of sp³-hybridized carbons (Fsp3) is 0.300.